The number of nitrogens with zero attached hydrogens (tertiary/aromatic N) is 1. The molecule has 16 heavy (non-hydrogen) atoms. The third-order valence-corrected chi connectivity index (χ3v) is 3.84. The van der Waals surface area contributed by atoms with Gasteiger partial charge >= 0.3 is 0 Å². The highest BCUT2D eigenvalue weighted by atomic mass is 16.1. The third kappa shape index (κ3) is 2.37. The Labute approximate surface area is 97.7 Å². The first-order chi connectivity index (χ1) is 7.85. The Balaban J connectivity index is 1.96. The summed E-state index contributed by atoms with van der Waals surface area (Å²) in [5.74, 6) is 0.927. The van der Waals surface area contributed by atoms with Crippen molar-refractivity contribution in [3.05, 3.63) is 24.0 Å². The zero-order chi connectivity index (χ0) is 11.4. The second-order valence-corrected chi connectivity index (χ2v) is 4.92. The van der Waals surface area contributed by atoms with Crippen LogP contribution >= 0.6 is 0 Å². The predicted octanol–water partition coefficient (Wildman–Crippen LogP) is 3.83. The molecule has 0 N–H and O–H groups in total. The Bertz CT molecular complexity index is 334. The van der Waals surface area contributed by atoms with Gasteiger partial charge in [0.25, 0.3) is 0 Å². The van der Waals surface area contributed by atoms with Crippen molar-refractivity contribution in [1.82, 2.24) is 4.57 Å². The molecule has 1 aromatic rings. The van der Waals surface area contributed by atoms with Gasteiger partial charge in [0.2, 0.25) is 0 Å². The van der Waals surface area contributed by atoms with Gasteiger partial charge in [-0.25, -0.2) is 0 Å². The van der Waals surface area contributed by atoms with Gasteiger partial charge in [0, 0.05) is 12.2 Å². The summed E-state index contributed by atoms with van der Waals surface area (Å²) in [5, 5.41) is 0. The molecule has 1 aliphatic rings. The lowest BCUT2D eigenvalue weighted by Crippen LogP contribution is -2.18. The summed E-state index contributed by atoms with van der Waals surface area (Å²) in [4.78, 5) is 10.9. The summed E-state index contributed by atoms with van der Waals surface area (Å²) >= 11 is 0. The van der Waals surface area contributed by atoms with E-state index < -0.39 is 0 Å². The molecule has 2 nitrogen and oxygen atoms in total. The van der Waals surface area contributed by atoms with Gasteiger partial charge in [-0.2, -0.15) is 0 Å². The number of hydrogen-bond donors (Lipinski definition) is 0. The topological polar surface area (TPSA) is 22.0 Å². The molecule has 88 valence electrons. The first kappa shape index (κ1) is 11.4. The predicted molar refractivity (Wildman–Crippen MR) is 65.7 cm³/mol. The highest BCUT2D eigenvalue weighted by Gasteiger charge is 2.22. The van der Waals surface area contributed by atoms with Gasteiger partial charge in [0.1, 0.15) is 0 Å². The average Bonchev–Trinajstić information content (AvgIpc) is 2.78. The smallest absolute Gasteiger partial charge is 0.166 e. The molecule has 0 aliphatic heterocycles. The first-order valence-corrected chi connectivity index (χ1v) is 6.47. The van der Waals surface area contributed by atoms with Crippen LogP contribution in [0.3, 0.4) is 0 Å². The number of carbonyl (C=O) groups excluding carboxylic acids is 1. The van der Waals surface area contributed by atoms with E-state index in [0.717, 1.165) is 17.9 Å². The van der Waals surface area contributed by atoms with Crippen LogP contribution in [0.5, 0.6) is 0 Å². The largest absolute Gasteiger partial charge is 0.342 e. The summed E-state index contributed by atoms with van der Waals surface area (Å²) in [6, 6.07) is 4.44. The molecule has 0 aromatic carbocycles. The van der Waals surface area contributed by atoms with Crippen LogP contribution in [0.25, 0.3) is 0 Å². The van der Waals surface area contributed by atoms with E-state index >= 15 is 0 Å². The average molecular weight is 219 g/mol. The fourth-order valence-corrected chi connectivity index (χ4v) is 2.96. The highest BCUT2D eigenvalue weighted by Crippen LogP contribution is 2.34. The summed E-state index contributed by atoms with van der Waals surface area (Å²) in [7, 11) is 0. The van der Waals surface area contributed by atoms with E-state index in [0.29, 0.717) is 6.04 Å². The third-order valence-electron chi connectivity index (χ3n) is 3.84. The van der Waals surface area contributed by atoms with E-state index in [1.807, 2.05) is 12.1 Å². The Kier molecular flexibility index (Phi) is 3.81. The maximum absolute atomic E-state index is 10.9. The summed E-state index contributed by atoms with van der Waals surface area (Å²) in [6.45, 7) is 2.27. The lowest BCUT2D eigenvalue weighted by atomic mass is 9.83. The molecule has 0 atom stereocenters. The second kappa shape index (κ2) is 5.33. The molecule has 2 rings (SSSR count). The molecule has 1 heterocycles. The Morgan fingerprint density at radius 3 is 2.75 bits per heavy atom. The zero-order valence-corrected chi connectivity index (χ0v) is 10.1. The van der Waals surface area contributed by atoms with Crippen molar-refractivity contribution in [2.75, 3.05) is 0 Å². The maximum atomic E-state index is 10.9. The van der Waals surface area contributed by atoms with Gasteiger partial charge in [-0.1, -0.05) is 19.8 Å². The Morgan fingerprint density at radius 1 is 1.38 bits per heavy atom. The SMILES string of the molecule is CCCC1CCC(n2cccc2C=O)CC1. The molecular formula is C14H21NO. The molecule has 0 bridgehead atoms. The van der Waals surface area contributed by atoms with Crippen molar-refractivity contribution < 1.29 is 4.79 Å². The number of hydrogen-bond acceptors (Lipinski definition) is 1. The molecule has 1 saturated carbocycles. The molecule has 1 fully saturated rings. The minimum Gasteiger partial charge on any atom is -0.342 e. The molecule has 0 unspecified atom stereocenters. The lowest BCUT2D eigenvalue weighted by molar-refractivity contribution is 0.111. The fourth-order valence-electron chi connectivity index (χ4n) is 2.96. The van der Waals surface area contributed by atoms with Crippen LogP contribution in [0.2, 0.25) is 0 Å². The van der Waals surface area contributed by atoms with Crippen molar-refractivity contribution in [1.29, 1.82) is 0 Å². The van der Waals surface area contributed by atoms with Crippen molar-refractivity contribution >= 4 is 6.29 Å². The molecule has 2 heteroatoms. The lowest BCUT2D eigenvalue weighted by Gasteiger charge is -2.30. The highest BCUT2D eigenvalue weighted by molar-refractivity contribution is 5.72. The van der Waals surface area contributed by atoms with Crippen molar-refractivity contribution in [2.24, 2.45) is 5.92 Å². The molecular weight excluding hydrogens is 198 g/mol. The van der Waals surface area contributed by atoms with Crippen molar-refractivity contribution in [3.63, 3.8) is 0 Å². The van der Waals surface area contributed by atoms with Gasteiger partial charge in [-0.05, 0) is 43.7 Å². The number of aldehydes is 1. The minimum atomic E-state index is 0.559. The van der Waals surface area contributed by atoms with Crippen LogP contribution in [0.4, 0.5) is 0 Å². The molecule has 0 saturated heterocycles. The first-order valence-electron chi connectivity index (χ1n) is 6.47. The van der Waals surface area contributed by atoms with Gasteiger partial charge in [0.15, 0.2) is 6.29 Å². The molecule has 0 spiro atoms. The second-order valence-electron chi connectivity index (χ2n) is 4.92. The van der Waals surface area contributed by atoms with E-state index in [-0.39, 0.29) is 0 Å². The standard InChI is InChI=1S/C14H21NO/c1-2-4-12-6-8-13(9-7-12)15-10-3-5-14(15)11-16/h3,5,10-13H,2,4,6-9H2,1H3. The summed E-state index contributed by atoms with van der Waals surface area (Å²) < 4.78 is 2.16. The van der Waals surface area contributed by atoms with Crippen LogP contribution in [0.1, 0.15) is 62.0 Å². The Hall–Kier alpha value is -1.05. The zero-order valence-electron chi connectivity index (χ0n) is 10.1. The summed E-state index contributed by atoms with van der Waals surface area (Å²) in [5.41, 5.74) is 0.832. The van der Waals surface area contributed by atoms with E-state index in [4.69, 9.17) is 0 Å². The van der Waals surface area contributed by atoms with Crippen molar-refractivity contribution in [3.8, 4) is 0 Å². The van der Waals surface area contributed by atoms with E-state index in [9.17, 15) is 4.79 Å². The van der Waals surface area contributed by atoms with Crippen molar-refractivity contribution in [2.45, 2.75) is 51.5 Å². The molecule has 1 aromatic heterocycles. The quantitative estimate of drug-likeness (QED) is 0.705. The van der Waals surface area contributed by atoms with Gasteiger partial charge < -0.3 is 4.57 Å². The monoisotopic (exact) mass is 219 g/mol. The van der Waals surface area contributed by atoms with E-state index in [1.165, 1.54) is 38.5 Å². The number of rotatable bonds is 4. The van der Waals surface area contributed by atoms with E-state index in [1.54, 1.807) is 0 Å². The van der Waals surface area contributed by atoms with Crippen LogP contribution in [0.15, 0.2) is 18.3 Å². The van der Waals surface area contributed by atoms with Gasteiger partial charge in [-0.3, -0.25) is 4.79 Å². The maximum Gasteiger partial charge on any atom is 0.166 e. The summed E-state index contributed by atoms with van der Waals surface area (Å²) in [6.07, 6.45) is 10.8. The molecule has 0 radical (unpaired) electrons. The molecule has 0 amide bonds. The fraction of sp³-hybridized carbons (Fsp3) is 0.643. The Morgan fingerprint density at radius 2 is 2.12 bits per heavy atom. The van der Waals surface area contributed by atoms with Crippen LogP contribution < -0.4 is 0 Å². The number of aromatic nitrogens is 1. The van der Waals surface area contributed by atoms with Crippen LogP contribution in [-0.2, 0) is 0 Å². The van der Waals surface area contributed by atoms with Crippen LogP contribution in [-0.4, -0.2) is 10.9 Å². The molecule has 1 aliphatic carbocycles. The number of carbonyl (C=O) groups is 1. The normalized spacial score (nSPS) is 25.6. The minimum absolute atomic E-state index is 0.559. The van der Waals surface area contributed by atoms with Gasteiger partial charge in [0.05, 0.1) is 5.69 Å². The van der Waals surface area contributed by atoms with Crippen LogP contribution in [0, 0.1) is 5.92 Å². The van der Waals surface area contributed by atoms with E-state index in [2.05, 4.69) is 17.7 Å². The van der Waals surface area contributed by atoms with Gasteiger partial charge in [-0.15, -0.1) is 0 Å².